The number of aryl methyl sites for hydroxylation is 1. The first-order valence-corrected chi connectivity index (χ1v) is 14.2. The van der Waals surface area contributed by atoms with E-state index in [2.05, 4.69) is 43.3 Å². The van der Waals surface area contributed by atoms with Crippen molar-refractivity contribution in [3.63, 3.8) is 0 Å². The van der Waals surface area contributed by atoms with Gasteiger partial charge in [0.2, 0.25) is 0 Å². The predicted octanol–water partition coefficient (Wildman–Crippen LogP) is 9.98. The highest BCUT2D eigenvalue weighted by Gasteiger charge is 2.29. The second kappa shape index (κ2) is 10.8. The summed E-state index contributed by atoms with van der Waals surface area (Å²) in [5.41, 5.74) is 6.57. The Kier molecular flexibility index (Phi) is 7.57. The Hall–Kier alpha value is -1.89. The van der Waals surface area contributed by atoms with Crippen LogP contribution in [0.3, 0.4) is 0 Å². The van der Waals surface area contributed by atoms with E-state index in [1.165, 1.54) is 88.2 Å². The van der Waals surface area contributed by atoms with Crippen LogP contribution in [0.4, 0.5) is 4.39 Å². The molecule has 0 N–H and O–H groups in total. The lowest BCUT2D eigenvalue weighted by Crippen LogP contribution is -2.22. The van der Waals surface area contributed by atoms with Gasteiger partial charge in [-0.2, -0.15) is 0 Å². The molecule has 0 heterocycles. The summed E-state index contributed by atoms with van der Waals surface area (Å²) in [5, 5.41) is 0. The topological polar surface area (TPSA) is 0 Å². The van der Waals surface area contributed by atoms with Crippen LogP contribution >= 0.6 is 0 Å². The van der Waals surface area contributed by atoms with Crippen molar-refractivity contribution in [3.05, 3.63) is 76.6 Å². The standard InChI is InChI=1S/C33H43F/c1-3-24-5-8-25(9-6-24)26-10-12-27(13-11-26)28-14-16-29(17-15-28)30-18-20-31(21-19-30)32-7-4-23(2)33(34)22-32/h4,7,10-14,22,24-25,29-31H,3,5-6,8-9,15-21H2,1-2H3. The third kappa shape index (κ3) is 5.34. The maximum Gasteiger partial charge on any atom is 0.126 e. The molecule has 1 atom stereocenters. The van der Waals surface area contributed by atoms with Gasteiger partial charge >= 0.3 is 0 Å². The molecule has 3 aliphatic carbocycles. The summed E-state index contributed by atoms with van der Waals surface area (Å²) in [6.45, 7) is 4.20. The molecule has 0 aromatic heterocycles. The third-order valence-electron chi connectivity index (χ3n) is 9.73. The molecule has 0 amide bonds. The Morgan fingerprint density at radius 1 is 0.735 bits per heavy atom. The number of rotatable bonds is 5. The molecule has 1 heteroatoms. The van der Waals surface area contributed by atoms with Gasteiger partial charge in [0.05, 0.1) is 0 Å². The van der Waals surface area contributed by atoms with Crippen molar-refractivity contribution < 1.29 is 4.39 Å². The van der Waals surface area contributed by atoms with Gasteiger partial charge < -0.3 is 0 Å². The molecule has 3 aliphatic rings. The lowest BCUT2D eigenvalue weighted by Gasteiger charge is -2.36. The third-order valence-corrected chi connectivity index (χ3v) is 9.73. The van der Waals surface area contributed by atoms with Gasteiger partial charge in [-0.1, -0.05) is 55.8 Å². The average Bonchev–Trinajstić information content (AvgIpc) is 2.91. The Bertz CT molecular complexity index is 968. The van der Waals surface area contributed by atoms with Crippen molar-refractivity contribution in [2.75, 3.05) is 0 Å². The number of hydrogen-bond acceptors (Lipinski definition) is 0. The second-order valence-electron chi connectivity index (χ2n) is 11.6. The molecule has 0 aliphatic heterocycles. The van der Waals surface area contributed by atoms with Crippen LogP contribution in [0.5, 0.6) is 0 Å². The molecule has 0 nitrogen and oxygen atoms in total. The van der Waals surface area contributed by atoms with E-state index in [1.54, 1.807) is 17.2 Å². The maximum atomic E-state index is 14.0. The number of benzene rings is 2. The van der Waals surface area contributed by atoms with E-state index < -0.39 is 0 Å². The monoisotopic (exact) mass is 458 g/mol. The minimum atomic E-state index is -0.0403. The Morgan fingerprint density at radius 3 is 2.00 bits per heavy atom. The zero-order valence-electron chi connectivity index (χ0n) is 21.4. The zero-order valence-corrected chi connectivity index (χ0v) is 21.4. The van der Waals surface area contributed by atoms with Gasteiger partial charge in [0.25, 0.3) is 0 Å². The summed E-state index contributed by atoms with van der Waals surface area (Å²) in [4.78, 5) is 0. The summed E-state index contributed by atoms with van der Waals surface area (Å²) in [5.74, 6) is 3.96. The fourth-order valence-electron chi connectivity index (χ4n) is 7.21. The van der Waals surface area contributed by atoms with E-state index in [4.69, 9.17) is 0 Å². The van der Waals surface area contributed by atoms with Crippen molar-refractivity contribution in [1.82, 2.24) is 0 Å². The van der Waals surface area contributed by atoms with Gasteiger partial charge in [-0.25, -0.2) is 4.39 Å². The molecule has 2 aromatic rings. The van der Waals surface area contributed by atoms with Crippen LogP contribution in [0.1, 0.15) is 118 Å². The normalized spacial score (nSPS) is 30.1. The van der Waals surface area contributed by atoms with E-state index in [1.807, 2.05) is 13.0 Å². The van der Waals surface area contributed by atoms with Gasteiger partial charge in [0, 0.05) is 0 Å². The molecule has 2 saturated carbocycles. The van der Waals surface area contributed by atoms with Crippen LogP contribution in [-0.4, -0.2) is 0 Å². The Labute approximate surface area is 207 Å². The predicted molar refractivity (Wildman–Crippen MR) is 143 cm³/mol. The molecule has 34 heavy (non-hydrogen) atoms. The fraction of sp³-hybridized carbons (Fsp3) is 0.576. The summed E-state index contributed by atoms with van der Waals surface area (Å²) in [7, 11) is 0. The van der Waals surface area contributed by atoms with Crippen LogP contribution in [0.15, 0.2) is 48.5 Å². The zero-order chi connectivity index (χ0) is 23.5. The van der Waals surface area contributed by atoms with E-state index in [0.717, 1.165) is 29.2 Å². The molecule has 0 bridgehead atoms. The van der Waals surface area contributed by atoms with Gasteiger partial charge in [0.15, 0.2) is 0 Å². The van der Waals surface area contributed by atoms with Gasteiger partial charge in [-0.05, 0) is 141 Å². The highest BCUT2D eigenvalue weighted by atomic mass is 19.1. The van der Waals surface area contributed by atoms with Gasteiger partial charge in [-0.15, -0.1) is 0 Å². The summed E-state index contributed by atoms with van der Waals surface area (Å²) in [6.07, 6.45) is 18.4. The van der Waals surface area contributed by atoms with E-state index in [9.17, 15) is 4.39 Å². The molecule has 0 spiro atoms. The van der Waals surface area contributed by atoms with Crippen molar-refractivity contribution in [3.8, 4) is 0 Å². The van der Waals surface area contributed by atoms with Crippen LogP contribution < -0.4 is 0 Å². The minimum Gasteiger partial charge on any atom is -0.207 e. The summed E-state index contributed by atoms with van der Waals surface area (Å²) < 4.78 is 14.0. The molecule has 0 saturated heterocycles. The molecular weight excluding hydrogens is 415 g/mol. The maximum absolute atomic E-state index is 14.0. The van der Waals surface area contributed by atoms with Crippen molar-refractivity contribution in [1.29, 1.82) is 0 Å². The smallest absolute Gasteiger partial charge is 0.126 e. The Balaban J connectivity index is 1.13. The summed E-state index contributed by atoms with van der Waals surface area (Å²) >= 11 is 0. The molecule has 182 valence electrons. The largest absolute Gasteiger partial charge is 0.207 e. The molecular formula is C33H43F. The lowest BCUT2D eigenvalue weighted by molar-refractivity contribution is 0.220. The van der Waals surface area contributed by atoms with Crippen molar-refractivity contribution in [2.24, 2.45) is 17.8 Å². The number of allylic oxidation sites excluding steroid dienone is 2. The first kappa shape index (κ1) is 23.8. The number of halogens is 1. The first-order valence-electron chi connectivity index (χ1n) is 14.2. The van der Waals surface area contributed by atoms with E-state index in [-0.39, 0.29) is 5.82 Å². The fourth-order valence-corrected chi connectivity index (χ4v) is 7.21. The molecule has 2 fully saturated rings. The van der Waals surface area contributed by atoms with Crippen molar-refractivity contribution >= 4 is 5.57 Å². The van der Waals surface area contributed by atoms with Crippen LogP contribution in [-0.2, 0) is 0 Å². The van der Waals surface area contributed by atoms with Crippen LogP contribution in [0.2, 0.25) is 0 Å². The quantitative estimate of drug-likeness (QED) is 0.418. The second-order valence-corrected chi connectivity index (χ2v) is 11.6. The molecule has 2 aromatic carbocycles. The van der Waals surface area contributed by atoms with E-state index >= 15 is 0 Å². The van der Waals surface area contributed by atoms with Crippen LogP contribution in [0.25, 0.3) is 5.57 Å². The molecule has 1 unspecified atom stereocenters. The minimum absolute atomic E-state index is 0.0403. The van der Waals surface area contributed by atoms with Gasteiger partial charge in [-0.3, -0.25) is 0 Å². The van der Waals surface area contributed by atoms with Crippen molar-refractivity contribution in [2.45, 2.75) is 103 Å². The van der Waals surface area contributed by atoms with Crippen LogP contribution in [0, 0.1) is 30.5 Å². The SMILES string of the molecule is CCC1CCC(c2ccc(C3=CCC(C4CCC(c5ccc(C)c(F)c5)CC4)CC3)cc2)CC1. The highest BCUT2D eigenvalue weighted by molar-refractivity contribution is 5.66. The Morgan fingerprint density at radius 2 is 1.38 bits per heavy atom. The highest BCUT2D eigenvalue weighted by Crippen LogP contribution is 2.44. The number of hydrogen-bond donors (Lipinski definition) is 0. The average molecular weight is 459 g/mol. The molecule has 0 radical (unpaired) electrons. The summed E-state index contributed by atoms with van der Waals surface area (Å²) in [6, 6.07) is 15.5. The molecule has 5 rings (SSSR count). The first-order chi connectivity index (χ1) is 16.6. The van der Waals surface area contributed by atoms with Gasteiger partial charge in [0.1, 0.15) is 5.82 Å². The van der Waals surface area contributed by atoms with E-state index in [0.29, 0.717) is 5.92 Å². The lowest BCUT2D eigenvalue weighted by atomic mass is 9.70.